The molecule has 4 heteroatoms. The van der Waals surface area contributed by atoms with Crippen molar-refractivity contribution in [1.29, 1.82) is 0 Å². The summed E-state index contributed by atoms with van der Waals surface area (Å²) in [6.45, 7) is 0. The van der Waals surface area contributed by atoms with Crippen molar-refractivity contribution in [2.24, 2.45) is 0 Å². The Kier molecular flexibility index (Phi) is 2.53. The van der Waals surface area contributed by atoms with Crippen LogP contribution < -0.4 is 10.6 Å². The van der Waals surface area contributed by atoms with Gasteiger partial charge >= 0.3 is 0 Å². The highest BCUT2D eigenvalue weighted by Crippen LogP contribution is 2.32. The first kappa shape index (κ1) is 12.6. The predicted octanol–water partition coefficient (Wildman–Crippen LogP) is 3.22. The van der Waals surface area contributed by atoms with Crippen LogP contribution in [-0.2, 0) is 0 Å². The molecule has 3 aromatic carbocycles. The number of fused-ring (bicyclic) bond motifs is 2. The van der Waals surface area contributed by atoms with Crippen LogP contribution in [0.4, 0.5) is 11.4 Å². The summed E-state index contributed by atoms with van der Waals surface area (Å²) in [6, 6.07) is 18.3. The number of carbonyl (C=O) groups is 2. The molecule has 3 aromatic rings. The van der Waals surface area contributed by atoms with Gasteiger partial charge in [0.1, 0.15) is 0 Å². The molecule has 2 amide bonds. The Balaban J connectivity index is 1.88. The van der Waals surface area contributed by atoms with Crippen LogP contribution in [0.25, 0.3) is 10.8 Å². The largest absolute Gasteiger partial charge is 0.398 e. The number of imide groups is 1. The molecule has 0 atom stereocenters. The Labute approximate surface area is 126 Å². The van der Waals surface area contributed by atoms with E-state index in [-0.39, 0.29) is 11.8 Å². The lowest BCUT2D eigenvalue weighted by Gasteiger charge is -2.14. The molecule has 1 heterocycles. The molecule has 0 bridgehead atoms. The van der Waals surface area contributed by atoms with Gasteiger partial charge in [0.05, 0.1) is 16.8 Å². The van der Waals surface area contributed by atoms with E-state index in [0.29, 0.717) is 22.5 Å². The molecule has 2 N–H and O–H groups in total. The smallest absolute Gasteiger partial charge is 0.268 e. The monoisotopic (exact) mass is 288 g/mol. The van der Waals surface area contributed by atoms with E-state index in [1.165, 1.54) is 4.90 Å². The van der Waals surface area contributed by atoms with E-state index in [4.69, 9.17) is 5.73 Å². The minimum Gasteiger partial charge on any atom is -0.398 e. The van der Waals surface area contributed by atoms with E-state index in [1.54, 1.807) is 24.3 Å². The third-order valence-electron chi connectivity index (χ3n) is 3.94. The van der Waals surface area contributed by atoms with Gasteiger partial charge in [-0.15, -0.1) is 0 Å². The maximum atomic E-state index is 12.6. The molecule has 0 spiro atoms. The van der Waals surface area contributed by atoms with Crippen molar-refractivity contribution in [1.82, 2.24) is 0 Å². The molecule has 0 saturated heterocycles. The van der Waals surface area contributed by atoms with Crippen molar-refractivity contribution < 1.29 is 9.59 Å². The third kappa shape index (κ3) is 1.64. The van der Waals surface area contributed by atoms with Crippen molar-refractivity contribution in [2.45, 2.75) is 0 Å². The molecule has 0 unspecified atom stereocenters. The summed E-state index contributed by atoms with van der Waals surface area (Å²) in [7, 11) is 0. The highest BCUT2D eigenvalue weighted by atomic mass is 16.2. The molecular formula is C18H12N2O2. The van der Waals surface area contributed by atoms with Gasteiger partial charge in [0, 0.05) is 5.69 Å². The second kappa shape index (κ2) is 4.43. The lowest BCUT2D eigenvalue weighted by molar-refractivity contribution is 0.0926. The van der Waals surface area contributed by atoms with E-state index >= 15 is 0 Å². The van der Waals surface area contributed by atoms with Crippen LogP contribution in [0.3, 0.4) is 0 Å². The SMILES string of the molecule is Nc1cccc2c1C(=O)N(c1ccc3ccccc3c1)C2=O. The summed E-state index contributed by atoms with van der Waals surface area (Å²) in [5.74, 6) is -0.698. The number of benzene rings is 3. The molecule has 4 rings (SSSR count). The number of nitrogen functional groups attached to an aromatic ring is 1. The van der Waals surface area contributed by atoms with Gasteiger partial charge in [-0.2, -0.15) is 0 Å². The second-order valence-corrected chi connectivity index (χ2v) is 5.25. The lowest BCUT2D eigenvalue weighted by atomic mass is 10.1. The molecule has 0 radical (unpaired) electrons. The Hall–Kier alpha value is -3.14. The number of nitrogens with two attached hydrogens (primary N) is 1. The van der Waals surface area contributed by atoms with Gasteiger partial charge in [-0.25, -0.2) is 4.90 Å². The molecule has 1 aliphatic rings. The van der Waals surface area contributed by atoms with Gasteiger partial charge < -0.3 is 5.73 Å². The van der Waals surface area contributed by atoms with Gasteiger partial charge in [0.2, 0.25) is 0 Å². The van der Waals surface area contributed by atoms with Crippen LogP contribution in [-0.4, -0.2) is 11.8 Å². The first-order chi connectivity index (χ1) is 10.7. The van der Waals surface area contributed by atoms with Crippen LogP contribution in [0, 0.1) is 0 Å². The van der Waals surface area contributed by atoms with Gasteiger partial charge in [-0.3, -0.25) is 9.59 Å². The van der Waals surface area contributed by atoms with E-state index < -0.39 is 0 Å². The van der Waals surface area contributed by atoms with Crippen molar-refractivity contribution >= 4 is 34.0 Å². The summed E-state index contributed by atoms with van der Waals surface area (Å²) in [6.07, 6.45) is 0. The van der Waals surface area contributed by atoms with Crippen molar-refractivity contribution in [3.05, 3.63) is 71.8 Å². The summed E-state index contributed by atoms with van der Waals surface area (Å²) in [4.78, 5) is 26.3. The number of rotatable bonds is 1. The molecule has 0 aromatic heterocycles. The quantitative estimate of drug-likeness (QED) is 0.552. The second-order valence-electron chi connectivity index (χ2n) is 5.25. The topological polar surface area (TPSA) is 63.4 Å². The van der Waals surface area contributed by atoms with Gasteiger partial charge in [0.15, 0.2) is 0 Å². The zero-order valence-electron chi connectivity index (χ0n) is 11.6. The Bertz CT molecular complexity index is 947. The molecule has 22 heavy (non-hydrogen) atoms. The van der Waals surface area contributed by atoms with Gasteiger partial charge in [-0.1, -0.05) is 36.4 Å². The minimum atomic E-state index is -0.367. The highest BCUT2D eigenvalue weighted by molar-refractivity contribution is 6.36. The molecule has 0 aliphatic carbocycles. The van der Waals surface area contributed by atoms with Crippen molar-refractivity contribution in [3.8, 4) is 0 Å². The fourth-order valence-corrected chi connectivity index (χ4v) is 2.86. The Morgan fingerprint density at radius 2 is 1.55 bits per heavy atom. The zero-order chi connectivity index (χ0) is 15.3. The Morgan fingerprint density at radius 3 is 2.32 bits per heavy atom. The van der Waals surface area contributed by atoms with Crippen LogP contribution >= 0.6 is 0 Å². The average Bonchev–Trinajstić information content (AvgIpc) is 2.79. The molecule has 1 aliphatic heterocycles. The highest BCUT2D eigenvalue weighted by Gasteiger charge is 2.38. The Morgan fingerprint density at radius 1 is 0.773 bits per heavy atom. The fraction of sp³-hybridized carbons (Fsp3) is 0. The van der Waals surface area contributed by atoms with Crippen molar-refractivity contribution in [2.75, 3.05) is 10.6 Å². The lowest BCUT2D eigenvalue weighted by Crippen LogP contribution is -2.29. The number of nitrogens with zero attached hydrogens (tertiary/aromatic N) is 1. The van der Waals surface area contributed by atoms with E-state index in [2.05, 4.69) is 0 Å². The molecular weight excluding hydrogens is 276 g/mol. The number of amides is 2. The van der Waals surface area contributed by atoms with Gasteiger partial charge in [0.25, 0.3) is 11.8 Å². The predicted molar refractivity (Wildman–Crippen MR) is 85.9 cm³/mol. The number of anilines is 2. The van der Waals surface area contributed by atoms with Crippen LogP contribution in [0.2, 0.25) is 0 Å². The summed E-state index contributed by atoms with van der Waals surface area (Å²) >= 11 is 0. The molecule has 106 valence electrons. The van der Waals surface area contributed by atoms with Crippen LogP contribution in [0.15, 0.2) is 60.7 Å². The average molecular weight is 288 g/mol. The van der Waals surface area contributed by atoms with Crippen LogP contribution in [0.1, 0.15) is 20.7 Å². The first-order valence-electron chi connectivity index (χ1n) is 6.93. The van der Waals surface area contributed by atoms with E-state index in [9.17, 15) is 9.59 Å². The normalized spacial score (nSPS) is 13.7. The summed E-state index contributed by atoms with van der Waals surface area (Å²) in [5.41, 5.74) is 7.40. The molecule has 4 nitrogen and oxygen atoms in total. The first-order valence-corrected chi connectivity index (χ1v) is 6.93. The van der Waals surface area contributed by atoms with E-state index in [0.717, 1.165) is 10.8 Å². The number of hydrogen-bond donors (Lipinski definition) is 1. The molecule has 0 fully saturated rings. The number of hydrogen-bond acceptors (Lipinski definition) is 3. The number of carbonyl (C=O) groups excluding carboxylic acids is 2. The van der Waals surface area contributed by atoms with Gasteiger partial charge in [-0.05, 0) is 35.0 Å². The zero-order valence-corrected chi connectivity index (χ0v) is 11.6. The maximum absolute atomic E-state index is 12.6. The third-order valence-corrected chi connectivity index (χ3v) is 3.94. The molecule has 0 saturated carbocycles. The van der Waals surface area contributed by atoms with E-state index in [1.807, 2.05) is 36.4 Å². The summed E-state index contributed by atoms with van der Waals surface area (Å²) < 4.78 is 0. The van der Waals surface area contributed by atoms with Crippen molar-refractivity contribution in [3.63, 3.8) is 0 Å². The van der Waals surface area contributed by atoms with Crippen LogP contribution in [0.5, 0.6) is 0 Å². The minimum absolute atomic E-state index is 0.292. The fourth-order valence-electron chi connectivity index (χ4n) is 2.86. The standard InChI is InChI=1S/C18H12N2O2/c19-15-7-3-6-14-16(15)18(22)20(17(14)21)13-9-8-11-4-1-2-5-12(11)10-13/h1-10H,19H2. The maximum Gasteiger partial charge on any atom is 0.268 e. The summed E-state index contributed by atoms with van der Waals surface area (Å²) in [5, 5.41) is 2.03.